The quantitative estimate of drug-likeness (QED) is 0.199. The largest absolute Gasteiger partial charge is 0.481 e. The zero-order chi connectivity index (χ0) is 25.6. The van der Waals surface area contributed by atoms with Gasteiger partial charge in [-0.25, -0.2) is 4.39 Å². The van der Waals surface area contributed by atoms with E-state index in [2.05, 4.69) is 10.4 Å². The van der Waals surface area contributed by atoms with Gasteiger partial charge >= 0.3 is 5.97 Å². The van der Waals surface area contributed by atoms with Gasteiger partial charge in [0.1, 0.15) is 5.82 Å². The highest BCUT2D eigenvalue weighted by Crippen LogP contribution is 2.28. The third kappa shape index (κ3) is 6.32. The molecule has 1 atom stereocenters. The number of rotatable bonds is 9. The minimum absolute atomic E-state index is 0.00572. The van der Waals surface area contributed by atoms with E-state index in [0.29, 0.717) is 4.41 Å². The molecule has 3 rings (SSSR count). The second kappa shape index (κ2) is 10.7. The lowest BCUT2D eigenvalue weighted by Crippen LogP contribution is -2.33. The summed E-state index contributed by atoms with van der Waals surface area (Å²) in [6, 6.07) is 16.9. The molecule has 1 unspecified atom stereocenters. The van der Waals surface area contributed by atoms with E-state index in [1.807, 2.05) is 0 Å². The maximum absolute atomic E-state index is 13.2. The predicted octanol–water partition coefficient (Wildman–Crippen LogP) is 2.16. The molecule has 0 aliphatic heterocycles. The number of hydrogen-bond donors (Lipinski definition) is 4. The van der Waals surface area contributed by atoms with Gasteiger partial charge in [-0.2, -0.15) is 12.8 Å². The van der Waals surface area contributed by atoms with Crippen LogP contribution in [0.2, 0.25) is 0 Å². The second-order valence-corrected chi connectivity index (χ2v) is 9.08. The molecule has 0 bridgehead atoms. The molecule has 0 saturated heterocycles. The standard InChI is InChI=1S/C23H22FN5O5S/c24-17-11-9-15(10-12-17)22(32)27-20(14-21(30)31)16-5-4-6-18(13-16)29(28-23(25)26)35(33,34)19-7-2-1-3-8-19/h1-13,20H,14H2,(H,27,32)(H,30,31)(H4,25,26,28). The molecule has 0 aromatic heterocycles. The van der Waals surface area contributed by atoms with Crippen molar-refractivity contribution < 1.29 is 27.5 Å². The van der Waals surface area contributed by atoms with Crippen LogP contribution in [0, 0.1) is 5.82 Å². The number of hydrazone groups is 1. The van der Waals surface area contributed by atoms with Crippen LogP contribution in [0.5, 0.6) is 0 Å². The van der Waals surface area contributed by atoms with Crippen LogP contribution in [0.15, 0.2) is 88.9 Å². The van der Waals surface area contributed by atoms with Crippen LogP contribution >= 0.6 is 0 Å². The molecule has 10 nitrogen and oxygen atoms in total. The molecule has 0 fully saturated rings. The van der Waals surface area contributed by atoms with Gasteiger partial charge in [-0.05, 0) is 54.1 Å². The number of guanidine groups is 1. The molecule has 6 N–H and O–H groups in total. The van der Waals surface area contributed by atoms with Crippen LogP contribution in [0.1, 0.15) is 28.4 Å². The monoisotopic (exact) mass is 499 g/mol. The average molecular weight is 500 g/mol. The summed E-state index contributed by atoms with van der Waals surface area (Å²) in [6.07, 6.45) is -0.510. The minimum Gasteiger partial charge on any atom is -0.481 e. The van der Waals surface area contributed by atoms with Gasteiger partial charge in [-0.3, -0.25) is 9.59 Å². The molecule has 3 aromatic carbocycles. The van der Waals surface area contributed by atoms with Crippen molar-refractivity contribution in [2.24, 2.45) is 16.6 Å². The van der Waals surface area contributed by atoms with E-state index >= 15 is 0 Å². The van der Waals surface area contributed by atoms with Gasteiger partial charge < -0.3 is 21.9 Å². The molecule has 0 saturated carbocycles. The highest BCUT2D eigenvalue weighted by atomic mass is 32.2. The van der Waals surface area contributed by atoms with Gasteiger partial charge in [-0.15, -0.1) is 5.10 Å². The van der Waals surface area contributed by atoms with Crippen LogP contribution in [-0.2, 0) is 14.8 Å². The van der Waals surface area contributed by atoms with Gasteiger partial charge in [0.2, 0.25) is 5.96 Å². The maximum atomic E-state index is 13.2. The molecular formula is C23H22FN5O5S. The van der Waals surface area contributed by atoms with Gasteiger partial charge in [0.15, 0.2) is 0 Å². The lowest BCUT2D eigenvalue weighted by molar-refractivity contribution is -0.137. The Morgan fingerprint density at radius 1 is 1.00 bits per heavy atom. The number of nitrogens with zero attached hydrogens (tertiary/aromatic N) is 2. The summed E-state index contributed by atoms with van der Waals surface area (Å²) in [5.41, 5.74) is 11.3. The third-order valence-electron chi connectivity index (χ3n) is 4.76. The molecule has 182 valence electrons. The SMILES string of the molecule is NC(N)=NN(c1cccc(C(CC(=O)O)NC(=O)c2ccc(F)cc2)c1)S(=O)(=O)c1ccccc1. The minimum atomic E-state index is -4.24. The molecule has 0 aliphatic carbocycles. The number of carboxylic acid groups (broad SMARTS) is 1. The smallest absolute Gasteiger partial charge is 0.305 e. The van der Waals surface area contributed by atoms with Gasteiger partial charge in [0, 0.05) is 5.56 Å². The number of anilines is 1. The summed E-state index contributed by atoms with van der Waals surface area (Å²) in [5.74, 6) is -2.91. The van der Waals surface area contributed by atoms with Crippen molar-refractivity contribution in [1.82, 2.24) is 5.32 Å². The van der Waals surface area contributed by atoms with E-state index in [0.717, 1.165) is 12.1 Å². The highest BCUT2D eigenvalue weighted by molar-refractivity contribution is 7.92. The van der Waals surface area contributed by atoms with E-state index in [9.17, 15) is 27.5 Å². The Labute approximate surface area is 200 Å². The molecule has 0 heterocycles. The summed E-state index contributed by atoms with van der Waals surface area (Å²) in [7, 11) is -4.24. The van der Waals surface area contributed by atoms with Crippen LogP contribution in [0.4, 0.5) is 10.1 Å². The van der Waals surface area contributed by atoms with E-state index < -0.39 is 46.1 Å². The molecule has 12 heteroatoms. The van der Waals surface area contributed by atoms with Crippen LogP contribution in [-0.4, -0.2) is 31.4 Å². The normalized spacial score (nSPS) is 11.8. The summed E-state index contributed by atoms with van der Waals surface area (Å²) >= 11 is 0. The first-order valence-corrected chi connectivity index (χ1v) is 11.6. The zero-order valence-electron chi connectivity index (χ0n) is 18.2. The highest BCUT2D eigenvalue weighted by Gasteiger charge is 2.27. The Morgan fingerprint density at radius 2 is 1.66 bits per heavy atom. The number of nitrogens with two attached hydrogens (primary N) is 2. The Hall–Kier alpha value is -4.45. The number of sulfonamides is 1. The fourth-order valence-electron chi connectivity index (χ4n) is 3.18. The van der Waals surface area contributed by atoms with Crippen molar-refractivity contribution in [1.29, 1.82) is 0 Å². The summed E-state index contributed by atoms with van der Waals surface area (Å²) < 4.78 is 40.3. The molecular weight excluding hydrogens is 477 g/mol. The molecule has 0 radical (unpaired) electrons. The Balaban J connectivity index is 2.01. The number of halogens is 1. The molecule has 1 amide bonds. The van der Waals surface area contributed by atoms with Crippen molar-refractivity contribution >= 4 is 33.5 Å². The molecule has 35 heavy (non-hydrogen) atoms. The fraction of sp³-hybridized carbons (Fsp3) is 0.0870. The molecule has 3 aromatic rings. The summed E-state index contributed by atoms with van der Waals surface area (Å²) in [5, 5.41) is 15.7. The summed E-state index contributed by atoms with van der Waals surface area (Å²) in [6.45, 7) is 0. The fourth-order valence-corrected chi connectivity index (χ4v) is 4.47. The lowest BCUT2D eigenvalue weighted by Gasteiger charge is -2.22. The lowest BCUT2D eigenvalue weighted by atomic mass is 10.0. The molecule has 0 aliphatic rings. The first kappa shape index (κ1) is 25.2. The Kier molecular flexibility index (Phi) is 7.66. The summed E-state index contributed by atoms with van der Waals surface area (Å²) in [4.78, 5) is 24.1. The zero-order valence-corrected chi connectivity index (χ0v) is 19.0. The van der Waals surface area contributed by atoms with E-state index in [1.54, 1.807) is 6.07 Å². The van der Waals surface area contributed by atoms with Crippen molar-refractivity contribution in [3.05, 3.63) is 95.8 Å². The predicted molar refractivity (Wildman–Crippen MR) is 127 cm³/mol. The maximum Gasteiger partial charge on any atom is 0.305 e. The van der Waals surface area contributed by atoms with E-state index in [4.69, 9.17) is 11.5 Å². The van der Waals surface area contributed by atoms with Crippen LogP contribution in [0.25, 0.3) is 0 Å². The Morgan fingerprint density at radius 3 is 2.26 bits per heavy atom. The van der Waals surface area contributed by atoms with Crippen molar-refractivity contribution in [2.45, 2.75) is 17.4 Å². The number of carbonyl (C=O) groups excluding carboxylic acids is 1. The van der Waals surface area contributed by atoms with Gasteiger partial charge in [-0.1, -0.05) is 30.3 Å². The first-order valence-electron chi connectivity index (χ1n) is 10.2. The number of carboxylic acids is 1. The number of benzene rings is 3. The third-order valence-corrected chi connectivity index (χ3v) is 6.37. The number of aliphatic carboxylic acids is 1. The van der Waals surface area contributed by atoms with Crippen molar-refractivity contribution in [3.63, 3.8) is 0 Å². The van der Waals surface area contributed by atoms with E-state index in [-0.39, 0.29) is 21.7 Å². The second-order valence-electron chi connectivity index (χ2n) is 7.31. The van der Waals surface area contributed by atoms with Crippen LogP contribution in [0.3, 0.4) is 0 Å². The number of amides is 1. The van der Waals surface area contributed by atoms with Crippen LogP contribution < -0.4 is 21.2 Å². The van der Waals surface area contributed by atoms with Gasteiger partial charge in [0.05, 0.1) is 23.0 Å². The van der Waals surface area contributed by atoms with E-state index in [1.165, 1.54) is 60.7 Å². The number of hydrogen-bond acceptors (Lipinski definition) is 5. The van der Waals surface area contributed by atoms with Crippen molar-refractivity contribution in [3.8, 4) is 0 Å². The first-order chi connectivity index (χ1) is 16.6. The average Bonchev–Trinajstić information content (AvgIpc) is 2.82. The number of carbonyl (C=O) groups is 2. The van der Waals surface area contributed by atoms with Crippen molar-refractivity contribution in [2.75, 3.05) is 4.41 Å². The van der Waals surface area contributed by atoms with Gasteiger partial charge in [0.25, 0.3) is 15.9 Å². The number of nitrogens with one attached hydrogen (secondary N) is 1. The Bertz CT molecular complexity index is 1340. The topological polar surface area (TPSA) is 168 Å². The molecule has 0 spiro atoms.